The lowest BCUT2D eigenvalue weighted by Gasteiger charge is -2.34. The van der Waals surface area contributed by atoms with Crippen molar-refractivity contribution in [2.24, 2.45) is 10.9 Å². The monoisotopic (exact) mass is 185 g/mol. The highest BCUT2D eigenvalue weighted by Crippen LogP contribution is 2.22. The number of morpholine rings is 1. The summed E-state index contributed by atoms with van der Waals surface area (Å²) in [6, 6.07) is 0.558. The lowest BCUT2D eigenvalue weighted by molar-refractivity contribution is -0.0177. The molecule has 13 heavy (non-hydrogen) atoms. The van der Waals surface area contributed by atoms with Crippen molar-refractivity contribution in [3.8, 4) is 0 Å². The van der Waals surface area contributed by atoms with Gasteiger partial charge in [-0.15, -0.1) is 0 Å². The zero-order chi connectivity index (χ0) is 9.26. The number of fused-ring (bicyclic) bond motifs is 1. The summed E-state index contributed by atoms with van der Waals surface area (Å²) >= 11 is 0. The molecule has 0 amide bonds. The van der Waals surface area contributed by atoms with E-state index in [9.17, 15) is 0 Å². The van der Waals surface area contributed by atoms with Gasteiger partial charge in [0.25, 0.3) is 0 Å². The summed E-state index contributed by atoms with van der Waals surface area (Å²) < 4.78 is 5.49. The maximum absolute atomic E-state index is 8.49. The number of amidine groups is 1. The van der Waals surface area contributed by atoms with Crippen LogP contribution < -0.4 is 5.73 Å². The van der Waals surface area contributed by atoms with Crippen LogP contribution in [0.2, 0.25) is 0 Å². The molecule has 2 aliphatic rings. The Kier molecular flexibility index (Phi) is 2.37. The third kappa shape index (κ3) is 1.62. The highest BCUT2D eigenvalue weighted by atomic mass is 16.5. The Morgan fingerprint density at radius 1 is 1.62 bits per heavy atom. The van der Waals surface area contributed by atoms with Gasteiger partial charge in [0.1, 0.15) is 6.10 Å². The minimum absolute atomic E-state index is 0.186. The Morgan fingerprint density at radius 3 is 3.23 bits per heavy atom. The highest BCUT2D eigenvalue weighted by Gasteiger charge is 2.33. The number of nitrogens with two attached hydrogens (primary N) is 1. The minimum Gasteiger partial charge on any atom is -0.409 e. The molecule has 2 aliphatic heterocycles. The zero-order valence-electron chi connectivity index (χ0n) is 7.52. The molecule has 2 heterocycles. The summed E-state index contributed by atoms with van der Waals surface area (Å²) in [6.45, 7) is 2.59. The first-order valence-electron chi connectivity index (χ1n) is 4.64. The molecule has 0 aromatic rings. The van der Waals surface area contributed by atoms with Crippen molar-refractivity contribution in [3.63, 3.8) is 0 Å². The number of ether oxygens (including phenoxy) is 1. The van der Waals surface area contributed by atoms with E-state index in [-0.39, 0.29) is 11.9 Å². The summed E-state index contributed by atoms with van der Waals surface area (Å²) in [7, 11) is 0. The van der Waals surface area contributed by atoms with Crippen molar-refractivity contribution in [1.82, 2.24) is 4.90 Å². The van der Waals surface area contributed by atoms with Crippen molar-refractivity contribution in [3.05, 3.63) is 0 Å². The molecule has 0 aromatic carbocycles. The zero-order valence-corrected chi connectivity index (χ0v) is 7.52. The van der Waals surface area contributed by atoms with Crippen LogP contribution >= 0.6 is 0 Å². The molecule has 0 bridgehead atoms. The molecular formula is C8H15N3O2. The number of nitrogens with zero attached hydrogens (tertiary/aromatic N) is 2. The molecule has 0 aliphatic carbocycles. The third-order valence-corrected chi connectivity index (χ3v) is 2.83. The van der Waals surface area contributed by atoms with Gasteiger partial charge < -0.3 is 15.7 Å². The standard InChI is InChI=1S/C8H15N3O2/c9-8(10-12)7-4-11-3-1-2-6(11)5-13-7/h6-7,12H,1-5H2,(H2,9,10)/t6-,7+/m0/s1. The largest absolute Gasteiger partial charge is 0.409 e. The van der Waals surface area contributed by atoms with Crippen LogP contribution in [-0.4, -0.2) is 47.8 Å². The van der Waals surface area contributed by atoms with Crippen LogP contribution in [0.4, 0.5) is 0 Å². The fourth-order valence-corrected chi connectivity index (χ4v) is 2.06. The molecule has 0 saturated carbocycles. The number of hydrogen-bond donors (Lipinski definition) is 2. The topological polar surface area (TPSA) is 71.1 Å². The van der Waals surface area contributed by atoms with E-state index < -0.39 is 0 Å². The molecule has 3 N–H and O–H groups in total. The van der Waals surface area contributed by atoms with Gasteiger partial charge in [0.05, 0.1) is 6.61 Å². The fraction of sp³-hybridized carbons (Fsp3) is 0.875. The lowest BCUT2D eigenvalue weighted by Crippen LogP contribution is -2.50. The van der Waals surface area contributed by atoms with Crippen LogP contribution in [0, 0.1) is 0 Å². The molecule has 0 radical (unpaired) electrons. The average Bonchev–Trinajstić information content (AvgIpc) is 2.63. The van der Waals surface area contributed by atoms with E-state index in [2.05, 4.69) is 10.1 Å². The van der Waals surface area contributed by atoms with Gasteiger partial charge in [0.2, 0.25) is 0 Å². The summed E-state index contributed by atoms with van der Waals surface area (Å²) in [4.78, 5) is 2.35. The number of hydrogen-bond acceptors (Lipinski definition) is 4. The normalized spacial score (nSPS) is 36.2. The van der Waals surface area contributed by atoms with E-state index in [4.69, 9.17) is 15.7 Å². The second-order valence-corrected chi connectivity index (χ2v) is 3.64. The van der Waals surface area contributed by atoms with E-state index in [1.807, 2.05) is 0 Å². The van der Waals surface area contributed by atoms with Crippen LogP contribution in [0.25, 0.3) is 0 Å². The first-order valence-corrected chi connectivity index (χ1v) is 4.64. The van der Waals surface area contributed by atoms with Gasteiger partial charge in [-0.3, -0.25) is 4.90 Å². The van der Waals surface area contributed by atoms with Gasteiger partial charge in [-0.25, -0.2) is 0 Å². The van der Waals surface area contributed by atoms with Gasteiger partial charge in [-0.1, -0.05) is 5.16 Å². The van der Waals surface area contributed by atoms with E-state index in [0.29, 0.717) is 12.6 Å². The first kappa shape index (κ1) is 8.77. The number of oxime groups is 1. The smallest absolute Gasteiger partial charge is 0.169 e. The summed E-state index contributed by atoms with van der Waals surface area (Å²) in [6.07, 6.45) is 2.22. The molecule has 74 valence electrons. The molecular weight excluding hydrogens is 170 g/mol. The molecule has 2 fully saturated rings. The maximum Gasteiger partial charge on any atom is 0.169 e. The van der Waals surface area contributed by atoms with Gasteiger partial charge >= 0.3 is 0 Å². The minimum atomic E-state index is -0.223. The molecule has 0 spiro atoms. The Morgan fingerprint density at radius 2 is 2.46 bits per heavy atom. The van der Waals surface area contributed by atoms with Gasteiger partial charge in [0, 0.05) is 12.6 Å². The summed E-state index contributed by atoms with van der Waals surface area (Å²) in [5, 5.41) is 11.5. The van der Waals surface area contributed by atoms with Crippen molar-refractivity contribution >= 4 is 5.84 Å². The molecule has 0 aromatic heterocycles. The van der Waals surface area contributed by atoms with E-state index in [1.54, 1.807) is 0 Å². The summed E-state index contributed by atoms with van der Waals surface area (Å²) in [5.41, 5.74) is 5.48. The fourth-order valence-electron chi connectivity index (χ4n) is 2.06. The second kappa shape index (κ2) is 3.51. The molecule has 0 unspecified atom stereocenters. The van der Waals surface area contributed by atoms with Gasteiger partial charge in [-0.2, -0.15) is 0 Å². The van der Waals surface area contributed by atoms with E-state index in [1.165, 1.54) is 12.8 Å². The van der Waals surface area contributed by atoms with Crippen LogP contribution in [0.5, 0.6) is 0 Å². The van der Waals surface area contributed by atoms with Gasteiger partial charge in [0.15, 0.2) is 5.84 Å². The molecule has 2 rings (SSSR count). The van der Waals surface area contributed by atoms with E-state index in [0.717, 1.165) is 13.1 Å². The third-order valence-electron chi connectivity index (χ3n) is 2.83. The molecule has 2 saturated heterocycles. The van der Waals surface area contributed by atoms with Crippen molar-refractivity contribution in [2.45, 2.75) is 25.0 Å². The Hall–Kier alpha value is -0.810. The Balaban J connectivity index is 1.97. The summed E-state index contributed by atoms with van der Waals surface area (Å²) in [5.74, 6) is 0.186. The molecule has 5 heteroatoms. The first-order chi connectivity index (χ1) is 6.31. The maximum atomic E-state index is 8.49. The van der Waals surface area contributed by atoms with Crippen molar-refractivity contribution < 1.29 is 9.94 Å². The van der Waals surface area contributed by atoms with Crippen molar-refractivity contribution in [1.29, 1.82) is 0 Å². The SMILES string of the molecule is N/C(=N\O)[C@H]1CN2CCC[C@H]2CO1. The second-order valence-electron chi connectivity index (χ2n) is 3.64. The van der Waals surface area contributed by atoms with Crippen LogP contribution in [0.1, 0.15) is 12.8 Å². The van der Waals surface area contributed by atoms with E-state index >= 15 is 0 Å². The Bertz CT molecular complexity index is 219. The Labute approximate surface area is 77.1 Å². The average molecular weight is 185 g/mol. The van der Waals surface area contributed by atoms with Crippen LogP contribution in [0.3, 0.4) is 0 Å². The van der Waals surface area contributed by atoms with Crippen LogP contribution in [-0.2, 0) is 4.74 Å². The van der Waals surface area contributed by atoms with Gasteiger partial charge in [-0.05, 0) is 19.4 Å². The van der Waals surface area contributed by atoms with Crippen molar-refractivity contribution in [2.75, 3.05) is 19.7 Å². The quantitative estimate of drug-likeness (QED) is 0.252. The predicted octanol–water partition coefficient (Wildman–Crippen LogP) is -0.404. The number of rotatable bonds is 1. The lowest BCUT2D eigenvalue weighted by atomic mass is 10.2. The molecule has 5 nitrogen and oxygen atoms in total. The predicted molar refractivity (Wildman–Crippen MR) is 47.7 cm³/mol. The molecule has 2 atom stereocenters. The highest BCUT2D eigenvalue weighted by molar-refractivity contribution is 5.84. The van der Waals surface area contributed by atoms with Crippen LogP contribution in [0.15, 0.2) is 5.16 Å².